The molecule has 0 aromatic heterocycles. The van der Waals surface area contributed by atoms with Crippen molar-refractivity contribution in [2.75, 3.05) is 50.7 Å². The molecule has 4 amide bonds. The Labute approximate surface area is 219 Å². The third-order valence-corrected chi connectivity index (χ3v) is 8.32. The molecule has 9 heteroatoms. The number of nitrogens with one attached hydrogen (secondary N) is 1. The maximum atomic E-state index is 12.9. The summed E-state index contributed by atoms with van der Waals surface area (Å²) in [7, 11) is 0. The number of piperidine rings is 2. The molecule has 0 radical (unpaired) electrons. The SMILES string of the molecule is O=C1CC[C@H](N2Cc3cc(N4CCN(CCCCCC(=O)N5CCCCC5)CC4)ccc3C2=O)C(=O)N1. The van der Waals surface area contributed by atoms with Gasteiger partial charge in [0, 0.05) is 69.9 Å². The lowest BCUT2D eigenvalue weighted by Crippen LogP contribution is -2.52. The topological polar surface area (TPSA) is 93.3 Å². The van der Waals surface area contributed by atoms with Gasteiger partial charge < -0.3 is 14.7 Å². The van der Waals surface area contributed by atoms with Crippen LogP contribution in [0.3, 0.4) is 0 Å². The number of amides is 4. The fraction of sp³-hybridized carbons (Fsp3) is 0.643. The van der Waals surface area contributed by atoms with E-state index in [4.69, 9.17) is 0 Å². The standard InChI is InChI=1S/C28H39N5O4/c34-25-11-10-24(27(36)29-25)33-20-21-19-22(8-9-23(21)28(33)37)31-17-15-30(16-18-31)12-4-1-3-7-26(35)32-13-5-2-6-14-32/h8-9,19,24H,1-7,10-18,20H2,(H,29,34,36)/t24-/m0/s1. The van der Waals surface area contributed by atoms with E-state index in [1.165, 1.54) is 6.42 Å². The molecule has 1 aromatic carbocycles. The van der Waals surface area contributed by atoms with Gasteiger partial charge in [0.1, 0.15) is 6.04 Å². The van der Waals surface area contributed by atoms with Crippen LogP contribution in [0, 0.1) is 0 Å². The number of nitrogens with zero attached hydrogens (tertiary/aromatic N) is 4. The van der Waals surface area contributed by atoms with Crippen LogP contribution >= 0.6 is 0 Å². The largest absolute Gasteiger partial charge is 0.369 e. The Morgan fingerprint density at radius 1 is 0.919 bits per heavy atom. The Morgan fingerprint density at radius 3 is 2.46 bits per heavy atom. The summed E-state index contributed by atoms with van der Waals surface area (Å²) in [6.45, 7) is 7.27. The number of fused-ring (bicyclic) bond motifs is 1. The summed E-state index contributed by atoms with van der Waals surface area (Å²) in [5, 5.41) is 2.36. The van der Waals surface area contributed by atoms with Crippen LogP contribution in [0.5, 0.6) is 0 Å². The zero-order valence-corrected chi connectivity index (χ0v) is 21.8. The second-order valence-electron chi connectivity index (χ2n) is 10.8. The van der Waals surface area contributed by atoms with Crippen LogP contribution in [-0.2, 0) is 20.9 Å². The predicted octanol–water partition coefficient (Wildman–Crippen LogP) is 2.14. The first kappa shape index (κ1) is 25.7. The molecule has 37 heavy (non-hydrogen) atoms. The predicted molar refractivity (Wildman–Crippen MR) is 140 cm³/mol. The molecule has 0 bridgehead atoms. The zero-order chi connectivity index (χ0) is 25.8. The number of piperazine rings is 1. The number of benzene rings is 1. The fourth-order valence-corrected chi connectivity index (χ4v) is 6.08. The van der Waals surface area contributed by atoms with Gasteiger partial charge in [-0.3, -0.25) is 29.4 Å². The number of hydrogen-bond acceptors (Lipinski definition) is 6. The number of likely N-dealkylation sites (tertiary alicyclic amines) is 1. The number of imide groups is 1. The first-order chi connectivity index (χ1) is 18.0. The lowest BCUT2D eigenvalue weighted by atomic mass is 10.0. The second kappa shape index (κ2) is 11.6. The molecule has 9 nitrogen and oxygen atoms in total. The zero-order valence-electron chi connectivity index (χ0n) is 21.8. The van der Waals surface area contributed by atoms with Crippen molar-refractivity contribution in [3.63, 3.8) is 0 Å². The molecule has 0 unspecified atom stereocenters. The van der Waals surface area contributed by atoms with Gasteiger partial charge in [-0.2, -0.15) is 0 Å². The summed E-state index contributed by atoms with van der Waals surface area (Å²) in [6, 6.07) is 5.41. The maximum absolute atomic E-state index is 12.9. The molecule has 1 aromatic rings. The van der Waals surface area contributed by atoms with Crippen molar-refractivity contribution in [3.05, 3.63) is 29.3 Å². The van der Waals surface area contributed by atoms with Crippen LogP contribution in [0.4, 0.5) is 5.69 Å². The van der Waals surface area contributed by atoms with Crippen molar-refractivity contribution in [1.82, 2.24) is 20.0 Å². The van der Waals surface area contributed by atoms with Crippen LogP contribution in [0.2, 0.25) is 0 Å². The van der Waals surface area contributed by atoms with Crippen molar-refractivity contribution in [2.45, 2.75) is 70.4 Å². The highest BCUT2D eigenvalue weighted by atomic mass is 16.2. The van der Waals surface area contributed by atoms with Crippen molar-refractivity contribution in [1.29, 1.82) is 0 Å². The van der Waals surface area contributed by atoms with Gasteiger partial charge in [-0.15, -0.1) is 0 Å². The Balaban J connectivity index is 1.04. The number of rotatable bonds is 8. The summed E-state index contributed by atoms with van der Waals surface area (Å²) in [4.78, 5) is 57.5. The van der Waals surface area contributed by atoms with E-state index in [1.54, 1.807) is 4.90 Å². The molecular formula is C28H39N5O4. The number of hydrogen-bond donors (Lipinski definition) is 1. The summed E-state index contributed by atoms with van der Waals surface area (Å²) >= 11 is 0. The Kier molecular flexibility index (Phi) is 8.08. The molecule has 3 fully saturated rings. The van der Waals surface area contributed by atoms with E-state index < -0.39 is 6.04 Å². The van der Waals surface area contributed by atoms with E-state index in [1.807, 2.05) is 17.0 Å². The van der Waals surface area contributed by atoms with Gasteiger partial charge in [0.2, 0.25) is 17.7 Å². The van der Waals surface area contributed by atoms with Crippen molar-refractivity contribution in [2.24, 2.45) is 0 Å². The van der Waals surface area contributed by atoms with Gasteiger partial charge >= 0.3 is 0 Å². The van der Waals surface area contributed by atoms with Crippen molar-refractivity contribution in [3.8, 4) is 0 Å². The molecule has 4 heterocycles. The average Bonchev–Trinajstić information content (AvgIpc) is 3.24. The van der Waals surface area contributed by atoms with Gasteiger partial charge in [0.25, 0.3) is 5.91 Å². The van der Waals surface area contributed by atoms with E-state index in [2.05, 4.69) is 21.2 Å². The molecule has 1 N–H and O–H groups in total. The third-order valence-electron chi connectivity index (χ3n) is 8.32. The average molecular weight is 510 g/mol. The normalized spacial score (nSPS) is 22.9. The minimum absolute atomic E-state index is 0.126. The molecule has 5 rings (SSSR count). The number of anilines is 1. The molecule has 4 aliphatic rings. The highest BCUT2D eigenvalue weighted by Gasteiger charge is 2.39. The number of carbonyl (C=O) groups is 4. The summed E-state index contributed by atoms with van der Waals surface area (Å²) < 4.78 is 0. The minimum Gasteiger partial charge on any atom is -0.369 e. The van der Waals surface area contributed by atoms with E-state index in [0.29, 0.717) is 30.9 Å². The molecule has 0 spiro atoms. The molecule has 200 valence electrons. The van der Waals surface area contributed by atoms with E-state index in [0.717, 1.165) is 89.2 Å². The van der Waals surface area contributed by atoms with E-state index in [9.17, 15) is 19.2 Å². The van der Waals surface area contributed by atoms with Gasteiger partial charge in [0.15, 0.2) is 0 Å². The Morgan fingerprint density at radius 2 is 1.70 bits per heavy atom. The first-order valence-electron chi connectivity index (χ1n) is 14.0. The highest BCUT2D eigenvalue weighted by Crippen LogP contribution is 2.31. The quantitative estimate of drug-likeness (QED) is 0.426. The van der Waals surface area contributed by atoms with Crippen LogP contribution < -0.4 is 10.2 Å². The fourth-order valence-electron chi connectivity index (χ4n) is 6.08. The summed E-state index contributed by atoms with van der Waals surface area (Å²) in [5.74, 6) is -0.430. The first-order valence-corrected chi connectivity index (χ1v) is 14.0. The summed E-state index contributed by atoms with van der Waals surface area (Å²) in [6.07, 6.45) is 8.12. The monoisotopic (exact) mass is 509 g/mol. The van der Waals surface area contributed by atoms with Crippen LogP contribution in [0.25, 0.3) is 0 Å². The maximum Gasteiger partial charge on any atom is 0.255 e. The van der Waals surface area contributed by atoms with Gasteiger partial charge in [-0.1, -0.05) is 6.42 Å². The Bertz CT molecular complexity index is 1030. The molecular weight excluding hydrogens is 470 g/mol. The second-order valence-corrected chi connectivity index (χ2v) is 10.8. The van der Waals surface area contributed by atoms with Crippen molar-refractivity contribution >= 4 is 29.3 Å². The number of carbonyl (C=O) groups excluding carboxylic acids is 4. The number of unbranched alkanes of at least 4 members (excludes halogenated alkanes) is 2. The minimum atomic E-state index is -0.576. The van der Waals surface area contributed by atoms with Crippen molar-refractivity contribution < 1.29 is 19.2 Å². The molecule has 4 aliphatic heterocycles. The molecule has 0 saturated carbocycles. The smallest absolute Gasteiger partial charge is 0.255 e. The van der Waals surface area contributed by atoms with Crippen LogP contribution in [0.1, 0.15) is 73.7 Å². The third kappa shape index (κ3) is 5.98. The molecule has 3 saturated heterocycles. The van der Waals surface area contributed by atoms with Crippen LogP contribution in [-0.4, -0.2) is 90.2 Å². The van der Waals surface area contributed by atoms with Crippen LogP contribution in [0.15, 0.2) is 18.2 Å². The lowest BCUT2D eigenvalue weighted by molar-refractivity contribution is -0.137. The molecule has 0 aliphatic carbocycles. The summed E-state index contributed by atoms with van der Waals surface area (Å²) in [5.41, 5.74) is 2.73. The highest BCUT2D eigenvalue weighted by molar-refractivity contribution is 6.05. The lowest BCUT2D eigenvalue weighted by Gasteiger charge is -2.36. The molecule has 1 atom stereocenters. The van der Waals surface area contributed by atoms with Gasteiger partial charge in [0.05, 0.1) is 0 Å². The van der Waals surface area contributed by atoms with Gasteiger partial charge in [-0.25, -0.2) is 0 Å². The Hall–Kier alpha value is -2.94. The van der Waals surface area contributed by atoms with Gasteiger partial charge in [-0.05, 0) is 68.8 Å². The van der Waals surface area contributed by atoms with E-state index >= 15 is 0 Å². The van der Waals surface area contributed by atoms with E-state index in [-0.39, 0.29) is 24.1 Å².